The maximum atomic E-state index is 11.9. The average Bonchev–Trinajstić information content (AvgIpc) is 2.75. The van der Waals surface area contributed by atoms with Gasteiger partial charge >= 0.3 is 0 Å². The van der Waals surface area contributed by atoms with E-state index in [2.05, 4.69) is 15.3 Å². The molecule has 0 radical (unpaired) electrons. The fraction of sp³-hybridized carbons (Fsp3) is 0.462. The molecule has 0 fully saturated rings. The first kappa shape index (κ1) is 13.8. The number of nitrogens with zero attached hydrogens (tertiary/aromatic N) is 3. The Labute approximate surface area is 117 Å². The van der Waals surface area contributed by atoms with Crippen molar-refractivity contribution in [2.24, 2.45) is 5.41 Å². The van der Waals surface area contributed by atoms with Crippen LogP contribution in [-0.2, 0) is 17.2 Å². The van der Waals surface area contributed by atoms with Gasteiger partial charge in [-0.05, 0) is 19.9 Å². The molecule has 1 N–H and O–H groups in total. The van der Waals surface area contributed by atoms with Crippen LogP contribution >= 0.6 is 11.6 Å². The fourth-order valence-electron chi connectivity index (χ4n) is 2.12. The minimum absolute atomic E-state index is 0.0103. The molecule has 0 saturated heterocycles. The molecule has 0 aliphatic heterocycles. The SMILES string of the molecule is CNC(=O)C(C)(C)Cn1c(CCl)nc2cnccc21. The predicted octanol–water partition coefficient (Wildman–Crippen LogP) is 1.94. The van der Waals surface area contributed by atoms with Crippen LogP contribution in [0.15, 0.2) is 18.5 Å². The lowest BCUT2D eigenvalue weighted by Gasteiger charge is -2.24. The van der Waals surface area contributed by atoms with Crippen LogP contribution in [0.2, 0.25) is 0 Å². The zero-order valence-electron chi connectivity index (χ0n) is 11.3. The van der Waals surface area contributed by atoms with Gasteiger partial charge in [-0.25, -0.2) is 4.98 Å². The number of halogens is 1. The van der Waals surface area contributed by atoms with Crippen molar-refractivity contribution in [3.8, 4) is 0 Å². The number of amides is 1. The van der Waals surface area contributed by atoms with Crippen LogP contribution in [0.25, 0.3) is 11.0 Å². The van der Waals surface area contributed by atoms with E-state index in [9.17, 15) is 4.79 Å². The Balaban J connectivity index is 2.47. The molecule has 2 aromatic heterocycles. The van der Waals surface area contributed by atoms with Gasteiger partial charge in [0.1, 0.15) is 11.3 Å². The van der Waals surface area contributed by atoms with Gasteiger partial charge in [0.15, 0.2) is 0 Å². The minimum Gasteiger partial charge on any atom is -0.359 e. The topological polar surface area (TPSA) is 59.8 Å². The molecule has 5 nitrogen and oxygen atoms in total. The number of imidazole rings is 1. The minimum atomic E-state index is -0.535. The summed E-state index contributed by atoms with van der Waals surface area (Å²) < 4.78 is 1.99. The number of pyridine rings is 1. The summed E-state index contributed by atoms with van der Waals surface area (Å²) in [7, 11) is 1.64. The van der Waals surface area contributed by atoms with E-state index in [0.29, 0.717) is 12.4 Å². The van der Waals surface area contributed by atoms with E-state index >= 15 is 0 Å². The molecule has 0 bridgehead atoms. The second-order valence-electron chi connectivity index (χ2n) is 5.08. The van der Waals surface area contributed by atoms with E-state index < -0.39 is 5.41 Å². The summed E-state index contributed by atoms with van der Waals surface area (Å²) in [6.45, 7) is 4.32. The lowest BCUT2D eigenvalue weighted by Crippen LogP contribution is -2.38. The molecular weight excluding hydrogens is 264 g/mol. The van der Waals surface area contributed by atoms with Crippen LogP contribution in [-0.4, -0.2) is 27.5 Å². The summed E-state index contributed by atoms with van der Waals surface area (Å²) in [6.07, 6.45) is 3.42. The summed E-state index contributed by atoms with van der Waals surface area (Å²) in [4.78, 5) is 20.4. The van der Waals surface area contributed by atoms with Crippen molar-refractivity contribution in [1.29, 1.82) is 0 Å². The Kier molecular flexibility index (Phi) is 3.75. The molecule has 102 valence electrons. The largest absolute Gasteiger partial charge is 0.359 e. The van der Waals surface area contributed by atoms with Crippen molar-refractivity contribution in [2.75, 3.05) is 7.05 Å². The van der Waals surface area contributed by atoms with Crippen LogP contribution in [0.1, 0.15) is 19.7 Å². The van der Waals surface area contributed by atoms with E-state index in [1.54, 1.807) is 19.4 Å². The number of nitrogens with one attached hydrogen (secondary N) is 1. The van der Waals surface area contributed by atoms with Crippen LogP contribution in [0, 0.1) is 5.41 Å². The third-order valence-electron chi connectivity index (χ3n) is 3.14. The summed E-state index contributed by atoms with van der Waals surface area (Å²) in [6, 6.07) is 1.89. The molecule has 6 heteroatoms. The van der Waals surface area contributed by atoms with Crippen molar-refractivity contribution in [2.45, 2.75) is 26.3 Å². The molecule has 0 aliphatic carbocycles. The molecular formula is C13H17ClN4O. The van der Waals surface area contributed by atoms with Crippen molar-refractivity contribution < 1.29 is 4.79 Å². The standard InChI is InChI=1S/C13H17ClN4O/c1-13(2,12(19)15-3)8-18-10-4-5-16-7-9(10)17-11(18)6-14/h4-5,7H,6,8H2,1-3H3,(H,15,19). The number of carbonyl (C=O) groups is 1. The number of rotatable bonds is 4. The molecule has 0 aromatic carbocycles. The second-order valence-corrected chi connectivity index (χ2v) is 5.34. The maximum Gasteiger partial charge on any atom is 0.227 e. The van der Waals surface area contributed by atoms with E-state index in [0.717, 1.165) is 16.9 Å². The van der Waals surface area contributed by atoms with Gasteiger partial charge in [-0.3, -0.25) is 9.78 Å². The molecule has 0 aliphatic rings. The van der Waals surface area contributed by atoms with Crippen molar-refractivity contribution in [3.05, 3.63) is 24.3 Å². The molecule has 2 heterocycles. The predicted molar refractivity (Wildman–Crippen MR) is 74.9 cm³/mol. The summed E-state index contributed by atoms with van der Waals surface area (Å²) in [5.41, 5.74) is 1.21. The molecule has 19 heavy (non-hydrogen) atoms. The van der Waals surface area contributed by atoms with E-state index in [4.69, 9.17) is 11.6 Å². The highest BCUT2D eigenvalue weighted by atomic mass is 35.5. The smallest absolute Gasteiger partial charge is 0.227 e. The molecule has 0 spiro atoms. The quantitative estimate of drug-likeness (QED) is 0.871. The lowest BCUT2D eigenvalue weighted by atomic mass is 9.92. The van der Waals surface area contributed by atoms with Crippen LogP contribution in [0.5, 0.6) is 0 Å². The maximum absolute atomic E-state index is 11.9. The van der Waals surface area contributed by atoms with Gasteiger partial charge < -0.3 is 9.88 Å². The van der Waals surface area contributed by atoms with Crippen LogP contribution < -0.4 is 5.32 Å². The number of hydrogen-bond donors (Lipinski definition) is 1. The monoisotopic (exact) mass is 280 g/mol. The number of carbonyl (C=O) groups excluding carboxylic acids is 1. The summed E-state index contributed by atoms with van der Waals surface area (Å²) in [5.74, 6) is 1.05. The second kappa shape index (κ2) is 5.17. The van der Waals surface area contributed by atoms with Gasteiger partial charge in [-0.2, -0.15) is 0 Å². The Hall–Kier alpha value is -1.62. The average molecular weight is 281 g/mol. The lowest BCUT2D eigenvalue weighted by molar-refractivity contribution is -0.129. The van der Waals surface area contributed by atoms with Crippen molar-refractivity contribution >= 4 is 28.5 Å². The highest BCUT2D eigenvalue weighted by molar-refractivity contribution is 6.16. The van der Waals surface area contributed by atoms with Gasteiger partial charge in [-0.1, -0.05) is 0 Å². The molecule has 0 saturated carbocycles. The third-order valence-corrected chi connectivity index (χ3v) is 3.38. The molecule has 2 aromatic rings. The summed E-state index contributed by atoms with van der Waals surface area (Å²) >= 11 is 5.94. The van der Waals surface area contributed by atoms with E-state index in [-0.39, 0.29) is 5.91 Å². The Morgan fingerprint density at radius 1 is 1.53 bits per heavy atom. The van der Waals surface area contributed by atoms with Crippen LogP contribution in [0.4, 0.5) is 0 Å². The molecule has 0 atom stereocenters. The van der Waals surface area contributed by atoms with Gasteiger partial charge in [0, 0.05) is 19.8 Å². The zero-order valence-corrected chi connectivity index (χ0v) is 12.0. The molecule has 2 rings (SSSR count). The molecule has 0 unspecified atom stereocenters. The normalized spacial score (nSPS) is 11.8. The Morgan fingerprint density at radius 3 is 2.89 bits per heavy atom. The molecule has 1 amide bonds. The first-order valence-corrected chi connectivity index (χ1v) is 6.60. The fourth-order valence-corrected chi connectivity index (χ4v) is 2.32. The van der Waals surface area contributed by atoms with Gasteiger partial charge in [0.2, 0.25) is 5.91 Å². The Morgan fingerprint density at radius 2 is 2.26 bits per heavy atom. The van der Waals surface area contributed by atoms with Crippen molar-refractivity contribution in [3.63, 3.8) is 0 Å². The summed E-state index contributed by atoms with van der Waals surface area (Å²) in [5, 5.41) is 2.69. The van der Waals surface area contributed by atoms with Crippen molar-refractivity contribution in [1.82, 2.24) is 19.9 Å². The third kappa shape index (κ3) is 2.56. The van der Waals surface area contributed by atoms with Gasteiger partial charge in [-0.15, -0.1) is 11.6 Å². The first-order valence-electron chi connectivity index (χ1n) is 6.07. The van der Waals surface area contributed by atoms with E-state index in [1.807, 2.05) is 24.5 Å². The number of alkyl halides is 1. The number of aromatic nitrogens is 3. The number of hydrogen-bond acceptors (Lipinski definition) is 3. The first-order chi connectivity index (χ1) is 8.99. The van der Waals surface area contributed by atoms with E-state index in [1.165, 1.54) is 0 Å². The van der Waals surface area contributed by atoms with Crippen LogP contribution in [0.3, 0.4) is 0 Å². The van der Waals surface area contributed by atoms with Gasteiger partial charge in [0.25, 0.3) is 0 Å². The van der Waals surface area contributed by atoms with Gasteiger partial charge in [0.05, 0.1) is 23.0 Å². The zero-order chi connectivity index (χ0) is 14.0. The highest BCUT2D eigenvalue weighted by Gasteiger charge is 2.28. The highest BCUT2D eigenvalue weighted by Crippen LogP contribution is 2.24. The number of fused-ring (bicyclic) bond motifs is 1. The Bertz CT molecular complexity index is 606.